The van der Waals surface area contributed by atoms with E-state index in [0.717, 1.165) is 12.1 Å². The van der Waals surface area contributed by atoms with E-state index in [1.54, 1.807) is 13.0 Å². The topological polar surface area (TPSA) is 91.3 Å². The molecule has 1 aliphatic heterocycles. The zero-order valence-corrected chi connectivity index (χ0v) is 18.8. The third-order valence-corrected chi connectivity index (χ3v) is 5.91. The number of β-amino-alcohol motifs (C(OH)–C–C–N with tert-alkyl or cyclic N) is 1. The summed E-state index contributed by atoms with van der Waals surface area (Å²) in [6, 6.07) is 5.03. The van der Waals surface area contributed by atoms with Gasteiger partial charge in [0.1, 0.15) is 29.7 Å². The number of carbonyl (C=O) groups is 1. The summed E-state index contributed by atoms with van der Waals surface area (Å²) >= 11 is 11.8. The number of ether oxygens (including phenoxy) is 2. The first-order valence-electron chi connectivity index (χ1n) is 9.62. The zero-order valence-electron chi connectivity index (χ0n) is 17.3. The van der Waals surface area contributed by atoms with Crippen LogP contribution in [-0.2, 0) is 4.74 Å². The van der Waals surface area contributed by atoms with Crippen LogP contribution in [-0.4, -0.2) is 54.8 Å². The number of piperidine rings is 1. The van der Waals surface area contributed by atoms with Gasteiger partial charge in [0.05, 0.1) is 17.8 Å². The summed E-state index contributed by atoms with van der Waals surface area (Å²) in [6.07, 6.45) is -2.09. The van der Waals surface area contributed by atoms with Crippen LogP contribution in [0, 0.1) is 18.6 Å². The number of aliphatic hydroxyl groups excluding tert-OH is 1. The lowest BCUT2D eigenvalue weighted by Gasteiger charge is -2.42. The molecule has 0 aromatic heterocycles. The highest BCUT2D eigenvalue weighted by molar-refractivity contribution is 6.34. The molecule has 2 aromatic carbocycles. The van der Waals surface area contributed by atoms with Crippen molar-refractivity contribution in [2.45, 2.75) is 25.0 Å². The van der Waals surface area contributed by atoms with E-state index in [0.29, 0.717) is 11.3 Å². The van der Waals surface area contributed by atoms with E-state index in [4.69, 9.17) is 27.9 Å². The monoisotopic (exact) mass is 490 g/mol. The largest absolute Gasteiger partial charge is 0.490 e. The second kappa shape index (κ2) is 9.66. The van der Waals surface area contributed by atoms with Crippen LogP contribution in [0.15, 0.2) is 24.3 Å². The van der Waals surface area contributed by atoms with Crippen molar-refractivity contribution in [3.8, 4) is 5.75 Å². The number of aliphatic hydroxyl groups is 2. The van der Waals surface area contributed by atoms with Crippen LogP contribution in [0.3, 0.4) is 0 Å². The van der Waals surface area contributed by atoms with Crippen molar-refractivity contribution in [2.24, 2.45) is 0 Å². The molecule has 3 N–H and O–H groups in total. The summed E-state index contributed by atoms with van der Waals surface area (Å²) in [5, 5.41) is 24.2. The fourth-order valence-electron chi connectivity index (χ4n) is 3.50. The molecule has 1 amide bonds. The predicted octanol–water partition coefficient (Wildman–Crippen LogP) is 4.14. The van der Waals surface area contributed by atoms with Gasteiger partial charge in [-0.15, -0.1) is 0 Å². The van der Waals surface area contributed by atoms with E-state index in [1.807, 2.05) is 0 Å². The Morgan fingerprint density at radius 2 is 1.97 bits per heavy atom. The third kappa shape index (κ3) is 5.01. The smallest absolute Gasteiger partial charge is 0.411 e. The van der Waals surface area contributed by atoms with Crippen LogP contribution in [0.25, 0.3) is 0 Å². The molecule has 1 heterocycles. The molecule has 1 fully saturated rings. The molecule has 0 saturated carbocycles. The molecule has 0 bridgehead atoms. The Morgan fingerprint density at radius 1 is 1.31 bits per heavy atom. The second-order valence-electron chi connectivity index (χ2n) is 7.48. The number of methoxy groups -OCH3 is 1. The summed E-state index contributed by atoms with van der Waals surface area (Å²) < 4.78 is 38.8. The first-order chi connectivity index (χ1) is 15.1. The summed E-state index contributed by atoms with van der Waals surface area (Å²) in [5.41, 5.74) is -1.21. The number of halogens is 4. The van der Waals surface area contributed by atoms with Gasteiger partial charge in [0, 0.05) is 23.7 Å². The van der Waals surface area contributed by atoms with Crippen molar-refractivity contribution in [1.82, 2.24) is 0 Å². The standard InChI is InChI=1S/C21H22Cl2F2N2O5/c1-11-16(4-3-13(23)18(11)26-20(29)31-2)32-10-21(30)5-6-27(9-17(21)28)19-14(24)7-12(22)8-15(19)25/h3-4,7-8,17,28,30H,5-6,9-10H2,1-2H3,(H,26,29)/t17-,21-/m1/s1. The van der Waals surface area contributed by atoms with Crippen molar-refractivity contribution in [3.05, 3.63) is 51.5 Å². The Kier molecular flexibility index (Phi) is 7.34. The van der Waals surface area contributed by atoms with E-state index < -0.39 is 29.4 Å². The molecule has 1 saturated heterocycles. The minimum absolute atomic E-state index is 0.0183. The lowest BCUT2D eigenvalue weighted by atomic mass is 9.89. The fraction of sp³-hybridized carbons (Fsp3) is 0.381. The summed E-state index contributed by atoms with van der Waals surface area (Å²) in [6.45, 7) is 1.21. The van der Waals surface area contributed by atoms with Crippen LogP contribution >= 0.6 is 23.2 Å². The van der Waals surface area contributed by atoms with Gasteiger partial charge in [0.25, 0.3) is 0 Å². The van der Waals surface area contributed by atoms with Crippen molar-refractivity contribution < 1.29 is 33.3 Å². The summed E-state index contributed by atoms with van der Waals surface area (Å²) in [7, 11) is 1.21. The number of rotatable bonds is 5. The van der Waals surface area contributed by atoms with E-state index in [9.17, 15) is 23.8 Å². The highest BCUT2D eigenvalue weighted by atomic mass is 35.5. The molecule has 174 valence electrons. The first-order valence-corrected chi connectivity index (χ1v) is 10.4. The van der Waals surface area contributed by atoms with Gasteiger partial charge in [-0.2, -0.15) is 0 Å². The van der Waals surface area contributed by atoms with Gasteiger partial charge in [-0.3, -0.25) is 5.32 Å². The minimum Gasteiger partial charge on any atom is -0.490 e. The quantitative estimate of drug-likeness (QED) is 0.583. The van der Waals surface area contributed by atoms with Crippen molar-refractivity contribution in [1.29, 1.82) is 0 Å². The van der Waals surface area contributed by atoms with E-state index in [2.05, 4.69) is 10.1 Å². The van der Waals surface area contributed by atoms with Crippen LogP contribution < -0.4 is 15.0 Å². The number of benzene rings is 2. The van der Waals surface area contributed by atoms with Gasteiger partial charge >= 0.3 is 6.09 Å². The predicted molar refractivity (Wildman–Crippen MR) is 117 cm³/mol. The van der Waals surface area contributed by atoms with Crippen LogP contribution in [0.5, 0.6) is 5.75 Å². The van der Waals surface area contributed by atoms with Crippen LogP contribution in [0.4, 0.5) is 25.0 Å². The van der Waals surface area contributed by atoms with Gasteiger partial charge in [0.2, 0.25) is 0 Å². The lowest BCUT2D eigenvalue weighted by molar-refractivity contribution is -0.109. The van der Waals surface area contributed by atoms with Crippen molar-refractivity contribution in [2.75, 3.05) is 37.0 Å². The summed E-state index contributed by atoms with van der Waals surface area (Å²) in [5.74, 6) is -1.39. The third-order valence-electron chi connectivity index (χ3n) is 5.38. The highest BCUT2D eigenvalue weighted by Gasteiger charge is 2.42. The van der Waals surface area contributed by atoms with E-state index in [1.165, 1.54) is 18.1 Å². The number of hydrogen-bond donors (Lipinski definition) is 3. The van der Waals surface area contributed by atoms with Crippen LogP contribution in [0.2, 0.25) is 10.0 Å². The van der Waals surface area contributed by atoms with Gasteiger partial charge in [-0.05, 0) is 37.6 Å². The Bertz CT molecular complexity index is 1000. The average Bonchev–Trinajstić information content (AvgIpc) is 2.72. The number of carbonyl (C=O) groups excluding carboxylic acids is 1. The molecule has 0 spiro atoms. The fourth-order valence-corrected chi connectivity index (χ4v) is 3.94. The Labute approximate surface area is 193 Å². The molecule has 32 heavy (non-hydrogen) atoms. The second-order valence-corrected chi connectivity index (χ2v) is 8.33. The Balaban J connectivity index is 1.72. The molecule has 0 radical (unpaired) electrons. The first kappa shape index (κ1) is 24.3. The molecule has 2 atom stereocenters. The minimum atomic E-state index is -1.67. The van der Waals surface area contributed by atoms with E-state index in [-0.39, 0.29) is 47.5 Å². The van der Waals surface area contributed by atoms with E-state index >= 15 is 0 Å². The normalized spacial score (nSPS) is 20.8. The average molecular weight is 491 g/mol. The molecule has 3 rings (SSSR count). The molecule has 1 aliphatic rings. The number of nitrogens with zero attached hydrogens (tertiary/aromatic N) is 1. The maximum Gasteiger partial charge on any atom is 0.411 e. The van der Waals surface area contributed by atoms with Gasteiger partial charge < -0.3 is 24.6 Å². The van der Waals surface area contributed by atoms with Gasteiger partial charge in [-0.1, -0.05) is 23.2 Å². The molecular formula is C21H22Cl2F2N2O5. The number of nitrogens with one attached hydrogen (secondary N) is 1. The van der Waals surface area contributed by atoms with Crippen molar-refractivity contribution >= 4 is 40.7 Å². The highest BCUT2D eigenvalue weighted by Crippen LogP contribution is 2.35. The molecule has 7 nitrogen and oxygen atoms in total. The molecule has 11 heteroatoms. The summed E-state index contributed by atoms with van der Waals surface area (Å²) in [4.78, 5) is 12.9. The van der Waals surface area contributed by atoms with Gasteiger partial charge in [0.15, 0.2) is 11.6 Å². The molecular weight excluding hydrogens is 469 g/mol. The molecule has 0 unspecified atom stereocenters. The number of anilines is 2. The number of hydrogen-bond acceptors (Lipinski definition) is 6. The maximum atomic E-state index is 14.2. The molecule has 2 aromatic rings. The SMILES string of the molecule is COC(=O)Nc1c(Cl)ccc(OC[C@]2(O)CCN(c3c(F)cc(Cl)cc3F)C[C@H]2O)c1C. The Morgan fingerprint density at radius 3 is 2.56 bits per heavy atom. The Hall–Kier alpha value is -2.33. The van der Waals surface area contributed by atoms with Crippen LogP contribution in [0.1, 0.15) is 12.0 Å². The lowest BCUT2D eigenvalue weighted by Crippen LogP contribution is -2.58. The number of amides is 1. The maximum absolute atomic E-state index is 14.2. The zero-order chi connectivity index (χ0) is 23.6. The van der Waals surface area contributed by atoms with Crippen molar-refractivity contribution in [3.63, 3.8) is 0 Å². The van der Waals surface area contributed by atoms with Gasteiger partial charge in [-0.25, -0.2) is 13.6 Å². The molecule has 0 aliphatic carbocycles.